The van der Waals surface area contributed by atoms with Crippen molar-refractivity contribution in [3.05, 3.63) is 24.3 Å². The lowest BCUT2D eigenvalue weighted by Crippen LogP contribution is -2.24. The third kappa shape index (κ3) is 2.57. The first kappa shape index (κ1) is 10.3. The second-order valence-corrected chi connectivity index (χ2v) is 4.32. The highest BCUT2D eigenvalue weighted by Crippen LogP contribution is 2.29. The molecule has 0 amide bonds. The molecule has 0 aliphatic heterocycles. The second-order valence-electron chi connectivity index (χ2n) is 4.32. The van der Waals surface area contributed by atoms with E-state index in [4.69, 9.17) is 10.0 Å². The van der Waals surface area contributed by atoms with Gasteiger partial charge in [0.1, 0.15) is 0 Å². The molecule has 2 aliphatic carbocycles. The highest BCUT2D eigenvalue weighted by molar-refractivity contribution is 6.45. The van der Waals surface area contributed by atoms with Crippen molar-refractivity contribution in [3.8, 4) is 11.1 Å². The van der Waals surface area contributed by atoms with Crippen LogP contribution in [0.15, 0.2) is 24.3 Å². The van der Waals surface area contributed by atoms with Crippen molar-refractivity contribution in [3.63, 3.8) is 0 Å². The molecule has 2 nitrogen and oxygen atoms in total. The highest BCUT2D eigenvalue weighted by atomic mass is 16.4. The summed E-state index contributed by atoms with van der Waals surface area (Å²) in [6.45, 7) is 5.28. The lowest BCUT2D eigenvalue weighted by atomic mass is 9.62. The molecule has 0 unspecified atom stereocenters. The Morgan fingerprint density at radius 1 is 0.923 bits per heavy atom. The van der Waals surface area contributed by atoms with Crippen LogP contribution in [0.25, 0.3) is 11.1 Å². The highest BCUT2D eigenvalue weighted by Gasteiger charge is 2.25. The molecule has 0 aromatic heterocycles. The molecule has 0 aromatic carbocycles. The van der Waals surface area contributed by atoms with Gasteiger partial charge >= 0.3 is 7.12 Å². The van der Waals surface area contributed by atoms with Gasteiger partial charge < -0.3 is 10.0 Å². The summed E-state index contributed by atoms with van der Waals surface area (Å²) in [5.41, 5.74) is 2.85. The predicted molar refractivity (Wildman–Crippen MR) is 55.3 cm³/mol. The molecule has 0 saturated heterocycles. The molecule has 13 heavy (non-hydrogen) atoms. The van der Waals surface area contributed by atoms with Gasteiger partial charge in [-0.05, 0) is 16.4 Å². The summed E-state index contributed by atoms with van der Waals surface area (Å²) >= 11 is 0. The summed E-state index contributed by atoms with van der Waals surface area (Å²) in [4.78, 5) is 0. The summed E-state index contributed by atoms with van der Waals surface area (Å²) < 4.78 is 0. The van der Waals surface area contributed by atoms with Crippen LogP contribution in [-0.2, 0) is 0 Å². The summed E-state index contributed by atoms with van der Waals surface area (Å²) in [6, 6.07) is 8.48. The Morgan fingerprint density at radius 3 is 1.15 bits per heavy atom. The van der Waals surface area contributed by atoms with Crippen LogP contribution >= 0.6 is 0 Å². The second kappa shape index (κ2) is 3.52. The number of fused-ring (bicyclic) bond motifs is 1. The average Bonchev–Trinajstić information content (AvgIpc) is 1.96. The fraction of sp³-hybridized carbons (Fsp3) is 0.400. The molecule has 0 aromatic rings. The van der Waals surface area contributed by atoms with Gasteiger partial charge in [-0.25, -0.2) is 0 Å². The molecule has 0 bridgehead atoms. The van der Waals surface area contributed by atoms with E-state index in [1.807, 2.05) is 0 Å². The van der Waals surface area contributed by atoms with Gasteiger partial charge in [-0.15, -0.1) is 0 Å². The lowest BCUT2D eigenvalue weighted by Gasteiger charge is -2.14. The zero-order valence-corrected chi connectivity index (χ0v) is 8.28. The summed E-state index contributed by atoms with van der Waals surface area (Å²) in [6.07, 6.45) is 0. The monoisotopic (exact) mass is 178 g/mol. The number of rotatable bonds is 0. The van der Waals surface area contributed by atoms with Crippen molar-refractivity contribution in [1.82, 2.24) is 0 Å². The topological polar surface area (TPSA) is 40.5 Å². The standard InChI is InChI=1S/C6H4.C4H11BO2/c1-2-6-4-3-5(1)6;1-4(2,3)5(6)7/h1-4H;6-7H,1-3H3. The first-order chi connectivity index (χ1) is 5.91. The van der Waals surface area contributed by atoms with E-state index in [9.17, 15) is 0 Å². The number of hydrogen-bond donors (Lipinski definition) is 2. The molecule has 2 rings (SSSR count). The van der Waals surface area contributed by atoms with Crippen LogP contribution in [0.4, 0.5) is 0 Å². The van der Waals surface area contributed by atoms with Gasteiger partial charge in [0.05, 0.1) is 0 Å². The van der Waals surface area contributed by atoms with Gasteiger partial charge in [0.15, 0.2) is 0 Å². The van der Waals surface area contributed by atoms with E-state index >= 15 is 0 Å². The maximum absolute atomic E-state index is 8.44. The zero-order valence-electron chi connectivity index (χ0n) is 8.28. The Hall–Kier alpha value is -0.795. The lowest BCUT2D eigenvalue weighted by molar-refractivity contribution is 0.362. The summed E-state index contributed by atoms with van der Waals surface area (Å²) in [5.74, 6) is 0. The van der Waals surface area contributed by atoms with Crippen LogP contribution in [0.5, 0.6) is 0 Å². The molecule has 0 heterocycles. The van der Waals surface area contributed by atoms with Crippen molar-refractivity contribution < 1.29 is 10.0 Å². The quantitative estimate of drug-likeness (QED) is 0.605. The number of hydrogen-bond acceptors (Lipinski definition) is 2. The minimum Gasteiger partial charge on any atom is -0.427 e. The molecular weight excluding hydrogens is 163 g/mol. The van der Waals surface area contributed by atoms with Crippen LogP contribution in [0.3, 0.4) is 0 Å². The molecular formula is C10H15BO2. The van der Waals surface area contributed by atoms with Gasteiger partial charge in [0.25, 0.3) is 0 Å². The molecule has 0 atom stereocenters. The van der Waals surface area contributed by atoms with Crippen molar-refractivity contribution >= 4 is 7.12 Å². The first-order valence-electron chi connectivity index (χ1n) is 4.38. The molecule has 2 N–H and O–H groups in total. The smallest absolute Gasteiger partial charge is 0.427 e. The zero-order chi connectivity index (χ0) is 10.1. The molecule has 0 fully saturated rings. The maximum Gasteiger partial charge on any atom is 0.457 e. The molecule has 0 radical (unpaired) electrons. The van der Waals surface area contributed by atoms with E-state index in [2.05, 4.69) is 24.3 Å². The van der Waals surface area contributed by atoms with E-state index in [1.54, 1.807) is 20.8 Å². The Bertz CT molecular complexity index is 251. The minimum atomic E-state index is -1.20. The van der Waals surface area contributed by atoms with Crippen molar-refractivity contribution in [2.75, 3.05) is 0 Å². The molecule has 70 valence electrons. The Kier molecular flexibility index (Phi) is 2.79. The predicted octanol–water partition coefficient (Wildman–Crippen LogP) is 1.93. The Labute approximate surface area is 79.4 Å². The fourth-order valence-electron chi connectivity index (χ4n) is 0.663. The van der Waals surface area contributed by atoms with Crippen molar-refractivity contribution in [1.29, 1.82) is 0 Å². The third-order valence-electron chi connectivity index (χ3n) is 1.99. The van der Waals surface area contributed by atoms with E-state index in [1.165, 1.54) is 11.1 Å². The third-order valence-corrected chi connectivity index (χ3v) is 1.99. The number of benzene rings is 1. The van der Waals surface area contributed by atoms with E-state index in [0.29, 0.717) is 0 Å². The van der Waals surface area contributed by atoms with Crippen molar-refractivity contribution in [2.24, 2.45) is 0 Å². The Balaban J connectivity index is 0.000000130. The van der Waals surface area contributed by atoms with E-state index in [0.717, 1.165) is 0 Å². The van der Waals surface area contributed by atoms with Crippen molar-refractivity contribution in [2.45, 2.75) is 26.1 Å². The van der Waals surface area contributed by atoms with Crippen LogP contribution < -0.4 is 0 Å². The van der Waals surface area contributed by atoms with Gasteiger partial charge in [0, 0.05) is 0 Å². The van der Waals surface area contributed by atoms with Gasteiger partial charge in [-0.1, -0.05) is 45.0 Å². The maximum atomic E-state index is 8.44. The van der Waals surface area contributed by atoms with Gasteiger partial charge in [-0.3, -0.25) is 0 Å². The average molecular weight is 178 g/mol. The molecule has 0 spiro atoms. The van der Waals surface area contributed by atoms with Crippen LogP contribution in [0.2, 0.25) is 5.31 Å². The van der Waals surface area contributed by atoms with Crippen LogP contribution in [0, 0.1) is 0 Å². The molecule has 0 saturated carbocycles. The van der Waals surface area contributed by atoms with Gasteiger partial charge in [0.2, 0.25) is 0 Å². The van der Waals surface area contributed by atoms with E-state index in [-0.39, 0.29) is 5.31 Å². The fourth-order valence-corrected chi connectivity index (χ4v) is 0.663. The van der Waals surface area contributed by atoms with Gasteiger partial charge in [-0.2, -0.15) is 0 Å². The van der Waals surface area contributed by atoms with Crippen LogP contribution in [0.1, 0.15) is 20.8 Å². The molecule has 2 aliphatic rings. The summed E-state index contributed by atoms with van der Waals surface area (Å²) in [5, 5.41) is 16.5. The van der Waals surface area contributed by atoms with Crippen LogP contribution in [-0.4, -0.2) is 17.2 Å². The largest absolute Gasteiger partial charge is 0.457 e. The van der Waals surface area contributed by atoms with E-state index < -0.39 is 7.12 Å². The SMILES string of the molecule is CC(C)(C)B(O)O.c1cc2ccc1-2. The molecule has 3 heteroatoms. The first-order valence-corrected chi connectivity index (χ1v) is 4.38. The minimum absolute atomic E-state index is 0.389. The normalized spacial score (nSPS) is 11.5. The Morgan fingerprint density at radius 2 is 1.15 bits per heavy atom. The summed E-state index contributed by atoms with van der Waals surface area (Å²) in [7, 11) is -1.20.